The Morgan fingerprint density at radius 3 is 2.93 bits per heavy atom. The molecular formula is C24H25N3O3. The largest absolute Gasteiger partial charge is 0.360 e. The lowest BCUT2D eigenvalue weighted by Gasteiger charge is -2.27. The van der Waals surface area contributed by atoms with Crippen molar-refractivity contribution in [3.63, 3.8) is 0 Å². The number of hydrogen-bond acceptors (Lipinski definition) is 4. The number of aromatic nitrogens is 1. The third-order valence-electron chi connectivity index (χ3n) is 6.42. The summed E-state index contributed by atoms with van der Waals surface area (Å²) in [6.45, 7) is 3.48. The molecule has 5 rings (SSSR count). The fraction of sp³-hybridized carbons (Fsp3) is 0.375. The van der Waals surface area contributed by atoms with Gasteiger partial charge in [0.15, 0.2) is 0 Å². The molecule has 4 heterocycles. The highest BCUT2D eigenvalue weighted by Crippen LogP contribution is 2.52. The number of carbonyl (C=O) groups excluding carboxylic acids is 2. The lowest BCUT2D eigenvalue weighted by Crippen LogP contribution is -2.44. The zero-order chi connectivity index (χ0) is 20.9. The molecule has 1 aromatic carbocycles. The van der Waals surface area contributed by atoms with Crippen molar-refractivity contribution in [2.24, 2.45) is 11.8 Å². The summed E-state index contributed by atoms with van der Waals surface area (Å²) in [4.78, 5) is 34.5. The van der Waals surface area contributed by atoms with Gasteiger partial charge in [-0.05, 0) is 24.6 Å². The maximum Gasteiger partial charge on any atom is 0.230 e. The van der Waals surface area contributed by atoms with Gasteiger partial charge >= 0.3 is 0 Å². The van der Waals surface area contributed by atoms with Crippen molar-refractivity contribution in [2.45, 2.75) is 31.7 Å². The van der Waals surface area contributed by atoms with Crippen LogP contribution in [0.25, 0.3) is 0 Å². The summed E-state index contributed by atoms with van der Waals surface area (Å²) in [5.41, 5.74) is 2.39. The molecule has 1 spiro atoms. The second-order valence-corrected chi connectivity index (χ2v) is 8.60. The summed E-state index contributed by atoms with van der Waals surface area (Å²) >= 11 is 0. The number of carbonyl (C=O) groups is 2. The third kappa shape index (κ3) is 3.03. The van der Waals surface area contributed by atoms with Gasteiger partial charge in [-0.2, -0.15) is 0 Å². The Labute approximate surface area is 176 Å². The minimum atomic E-state index is -0.683. The minimum Gasteiger partial charge on any atom is -0.360 e. The van der Waals surface area contributed by atoms with Gasteiger partial charge in [-0.15, -0.1) is 0 Å². The van der Waals surface area contributed by atoms with E-state index in [0.29, 0.717) is 19.6 Å². The molecule has 2 fully saturated rings. The first-order valence-electron chi connectivity index (χ1n) is 10.3. The molecule has 2 saturated heterocycles. The van der Waals surface area contributed by atoms with Crippen molar-refractivity contribution in [3.8, 4) is 0 Å². The monoisotopic (exact) mass is 403 g/mol. The van der Waals surface area contributed by atoms with Crippen LogP contribution < -0.4 is 0 Å². The number of fused-ring (bicyclic) bond motifs is 1. The van der Waals surface area contributed by atoms with Crippen LogP contribution in [-0.4, -0.2) is 51.9 Å². The highest BCUT2D eigenvalue weighted by Gasteiger charge is 2.67. The zero-order valence-corrected chi connectivity index (χ0v) is 17.2. The molecular weight excluding hydrogens is 378 g/mol. The van der Waals surface area contributed by atoms with Gasteiger partial charge in [0, 0.05) is 19.8 Å². The molecule has 2 bridgehead atoms. The molecule has 0 N–H and O–H groups in total. The fourth-order valence-corrected chi connectivity index (χ4v) is 5.09. The summed E-state index contributed by atoms with van der Waals surface area (Å²) < 4.78 is 6.24. The fourth-order valence-electron chi connectivity index (χ4n) is 5.09. The maximum absolute atomic E-state index is 13.4. The SMILES string of the molecule is Cc1cccc(CN2C[C@]34C=C[C@H](O3)C(C(=O)N(C)Cc3ccccn3)C4C2=O)c1. The summed E-state index contributed by atoms with van der Waals surface area (Å²) in [7, 11) is 1.77. The number of nitrogens with zero attached hydrogens (tertiary/aromatic N) is 3. The molecule has 3 aliphatic heterocycles. The Bertz CT molecular complexity index is 1020. The molecule has 6 heteroatoms. The molecule has 0 aliphatic carbocycles. The lowest BCUT2D eigenvalue weighted by molar-refractivity contribution is -0.142. The van der Waals surface area contributed by atoms with E-state index in [9.17, 15) is 9.59 Å². The average Bonchev–Trinajstić information content (AvgIpc) is 3.37. The molecule has 3 aliphatic rings. The Morgan fingerprint density at radius 1 is 1.30 bits per heavy atom. The molecule has 2 unspecified atom stereocenters. The van der Waals surface area contributed by atoms with Crippen molar-refractivity contribution in [2.75, 3.05) is 13.6 Å². The van der Waals surface area contributed by atoms with Gasteiger partial charge in [0.2, 0.25) is 11.8 Å². The maximum atomic E-state index is 13.4. The molecule has 0 radical (unpaired) electrons. The van der Waals surface area contributed by atoms with Crippen molar-refractivity contribution >= 4 is 11.8 Å². The topological polar surface area (TPSA) is 62.7 Å². The Balaban J connectivity index is 1.36. The van der Waals surface area contributed by atoms with Crippen molar-refractivity contribution < 1.29 is 14.3 Å². The number of pyridine rings is 1. The van der Waals surface area contributed by atoms with Gasteiger partial charge in [-0.3, -0.25) is 14.6 Å². The number of hydrogen-bond donors (Lipinski definition) is 0. The van der Waals surface area contributed by atoms with E-state index in [1.54, 1.807) is 18.1 Å². The molecule has 0 saturated carbocycles. The van der Waals surface area contributed by atoms with Crippen LogP contribution in [-0.2, 0) is 27.4 Å². The van der Waals surface area contributed by atoms with Crippen LogP contribution in [0.1, 0.15) is 16.8 Å². The van der Waals surface area contributed by atoms with E-state index in [2.05, 4.69) is 11.1 Å². The molecule has 2 amide bonds. The van der Waals surface area contributed by atoms with Gasteiger partial charge in [-0.1, -0.05) is 48.0 Å². The van der Waals surface area contributed by atoms with Crippen LogP contribution in [0.3, 0.4) is 0 Å². The average molecular weight is 403 g/mol. The van der Waals surface area contributed by atoms with Gasteiger partial charge in [0.05, 0.1) is 36.7 Å². The molecule has 154 valence electrons. The molecule has 4 atom stereocenters. The Morgan fingerprint density at radius 2 is 2.17 bits per heavy atom. The van der Waals surface area contributed by atoms with Crippen LogP contribution in [0, 0.1) is 18.8 Å². The number of amides is 2. The minimum absolute atomic E-state index is 0.00735. The van der Waals surface area contributed by atoms with Crippen molar-refractivity contribution in [3.05, 3.63) is 77.6 Å². The van der Waals surface area contributed by atoms with Gasteiger partial charge < -0.3 is 14.5 Å². The van der Waals surface area contributed by atoms with E-state index in [0.717, 1.165) is 11.3 Å². The van der Waals surface area contributed by atoms with Crippen LogP contribution in [0.2, 0.25) is 0 Å². The molecule has 1 aromatic heterocycles. The first kappa shape index (κ1) is 19.0. The first-order chi connectivity index (χ1) is 14.5. The Kier molecular flexibility index (Phi) is 4.47. The number of rotatable bonds is 5. The zero-order valence-electron chi connectivity index (χ0n) is 17.2. The van der Waals surface area contributed by atoms with Gasteiger partial charge in [0.25, 0.3) is 0 Å². The number of ether oxygens (including phenoxy) is 1. The number of aryl methyl sites for hydroxylation is 1. The summed E-state index contributed by atoms with van der Waals surface area (Å²) in [5.74, 6) is -1.00. The van der Waals surface area contributed by atoms with E-state index in [1.165, 1.54) is 5.56 Å². The van der Waals surface area contributed by atoms with Gasteiger partial charge in [-0.25, -0.2) is 0 Å². The second-order valence-electron chi connectivity index (χ2n) is 8.60. The first-order valence-corrected chi connectivity index (χ1v) is 10.3. The highest BCUT2D eigenvalue weighted by atomic mass is 16.5. The number of likely N-dealkylation sites (tertiary alicyclic amines) is 1. The Hall–Kier alpha value is -2.99. The predicted molar refractivity (Wildman–Crippen MR) is 111 cm³/mol. The van der Waals surface area contributed by atoms with E-state index in [-0.39, 0.29) is 17.9 Å². The summed E-state index contributed by atoms with van der Waals surface area (Å²) in [6, 6.07) is 13.8. The van der Waals surface area contributed by atoms with Crippen LogP contribution in [0.5, 0.6) is 0 Å². The lowest BCUT2D eigenvalue weighted by atomic mass is 9.76. The van der Waals surface area contributed by atoms with Crippen LogP contribution in [0.4, 0.5) is 0 Å². The third-order valence-corrected chi connectivity index (χ3v) is 6.42. The second kappa shape index (κ2) is 7.06. The predicted octanol–water partition coefficient (Wildman–Crippen LogP) is 2.33. The van der Waals surface area contributed by atoms with Crippen LogP contribution in [0.15, 0.2) is 60.8 Å². The summed E-state index contributed by atoms with van der Waals surface area (Å²) in [5, 5.41) is 0. The quantitative estimate of drug-likeness (QED) is 0.719. The molecule has 6 nitrogen and oxygen atoms in total. The van der Waals surface area contributed by atoms with Crippen LogP contribution >= 0.6 is 0 Å². The van der Waals surface area contributed by atoms with Crippen molar-refractivity contribution in [1.29, 1.82) is 0 Å². The molecule has 30 heavy (non-hydrogen) atoms. The standard InChI is InChI=1S/C24H25N3O3/c1-16-6-5-7-17(12-16)13-27-15-24-10-9-19(30-24)20(21(24)23(27)29)22(28)26(2)14-18-8-3-4-11-25-18/h3-12,19-21H,13-15H2,1-2H3/t19-,20?,21?,24-/m0/s1. The van der Waals surface area contributed by atoms with Gasteiger partial charge in [0.1, 0.15) is 5.60 Å². The molecule has 2 aromatic rings. The van der Waals surface area contributed by atoms with E-state index in [4.69, 9.17) is 4.74 Å². The van der Waals surface area contributed by atoms with Crippen molar-refractivity contribution in [1.82, 2.24) is 14.8 Å². The highest BCUT2D eigenvalue weighted by molar-refractivity contribution is 5.93. The normalized spacial score (nSPS) is 28.8. The smallest absolute Gasteiger partial charge is 0.230 e. The summed E-state index contributed by atoms with van der Waals surface area (Å²) in [6.07, 6.45) is 5.34. The van der Waals surface area contributed by atoms with E-state index >= 15 is 0 Å². The number of benzene rings is 1. The van der Waals surface area contributed by atoms with E-state index < -0.39 is 17.4 Å². The van der Waals surface area contributed by atoms with E-state index in [1.807, 2.05) is 60.4 Å².